The zero-order chi connectivity index (χ0) is 13.1. The maximum absolute atomic E-state index is 12.1. The van der Waals surface area contributed by atoms with Crippen molar-refractivity contribution in [1.29, 1.82) is 5.26 Å². The van der Waals surface area contributed by atoms with Crippen LogP contribution in [0.25, 0.3) is 0 Å². The zero-order valence-corrected chi connectivity index (χ0v) is 8.59. The molecule has 1 N–H and O–H groups in total. The van der Waals surface area contributed by atoms with Gasteiger partial charge in [-0.25, -0.2) is 0 Å². The van der Waals surface area contributed by atoms with E-state index in [1.165, 1.54) is 0 Å². The molecule has 5 nitrogen and oxygen atoms in total. The smallest absolute Gasteiger partial charge is 0.491 e. The van der Waals surface area contributed by atoms with Gasteiger partial charge in [0.15, 0.2) is 11.5 Å². The molecule has 0 aliphatic rings. The lowest BCUT2D eigenvalue weighted by molar-refractivity contribution is -0.275. The van der Waals surface area contributed by atoms with Crippen LogP contribution >= 0.6 is 0 Å². The Morgan fingerprint density at radius 2 is 2.18 bits per heavy atom. The maximum atomic E-state index is 12.1. The lowest BCUT2D eigenvalue weighted by atomic mass is 10.2. The van der Waals surface area contributed by atoms with Gasteiger partial charge in [-0.3, -0.25) is 4.79 Å². The van der Waals surface area contributed by atoms with Crippen LogP contribution in [0, 0.1) is 11.3 Å². The Kier molecular flexibility index (Phi) is 3.62. The monoisotopic (exact) mass is 248 g/mol. The van der Waals surface area contributed by atoms with Crippen LogP contribution in [0.3, 0.4) is 0 Å². The molecule has 1 aromatic heterocycles. The first-order valence-electron chi connectivity index (χ1n) is 4.30. The number of alkyl halides is 3. The van der Waals surface area contributed by atoms with E-state index in [4.69, 9.17) is 5.26 Å². The topological polar surface area (TPSA) is 75.1 Å². The van der Waals surface area contributed by atoms with Crippen LogP contribution in [0.5, 0.6) is 11.5 Å². The number of hydrogen-bond donors (Lipinski definition) is 1. The van der Waals surface area contributed by atoms with Crippen LogP contribution in [-0.2, 0) is 6.42 Å². The minimum Gasteiger partial charge on any atom is -0.491 e. The Balaban J connectivity index is 3.29. The average Bonchev–Trinajstić information content (AvgIpc) is 2.15. The summed E-state index contributed by atoms with van der Waals surface area (Å²) in [6.07, 6.45) is -5.24. The maximum Gasteiger partial charge on any atom is 0.573 e. The molecule has 0 aliphatic carbocycles. The van der Waals surface area contributed by atoms with E-state index >= 15 is 0 Å². The van der Waals surface area contributed by atoms with Crippen molar-refractivity contribution in [2.75, 3.05) is 7.11 Å². The van der Waals surface area contributed by atoms with Crippen LogP contribution in [0.4, 0.5) is 13.2 Å². The lowest BCUT2D eigenvalue weighted by Gasteiger charge is -2.13. The van der Waals surface area contributed by atoms with Crippen LogP contribution in [0.15, 0.2) is 10.9 Å². The van der Waals surface area contributed by atoms with Crippen LogP contribution in [-0.4, -0.2) is 18.5 Å². The highest BCUT2D eigenvalue weighted by molar-refractivity contribution is 5.43. The SMILES string of the molecule is COc1c(OC(F)(F)F)cc(=O)[nH]c1CC#N. The van der Waals surface area contributed by atoms with Crippen molar-refractivity contribution >= 4 is 0 Å². The van der Waals surface area contributed by atoms with Gasteiger partial charge in [0, 0.05) is 6.07 Å². The molecule has 0 amide bonds. The lowest BCUT2D eigenvalue weighted by Crippen LogP contribution is -2.20. The second-order valence-corrected chi connectivity index (χ2v) is 2.89. The predicted octanol–water partition coefficient (Wildman–Crippen LogP) is 1.35. The number of aromatic nitrogens is 1. The number of rotatable bonds is 3. The highest BCUT2D eigenvalue weighted by atomic mass is 19.4. The van der Waals surface area contributed by atoms with E-state index in [0.29, 0.717) is 6.07 Å². The summed E-state index contributed by atoms with van der Waals surface area (Å²) in [5.41, 5.74) is -0.878. The molecule has 0 aliphatic heterocycles. The molecule has 0 saturated carbocycles. The number of H-pyrrole nitrogens is 1. The molecule has 1 rings (SSSR count). The van der Waals surface area contributed by atoms with Gasteiger partial charge in [0.1, 0.15) is 0 Å². The van der Waals surface area contributed by atoms with Gasteiger partial charge in [-0.1, -0.05) is 0 Å². The molecule has 92 valence electrons. The second kappa shape index (κ2) is 4.78. The average molecular weight is 248 g/mol. The largest absolute Gasteiger partial charge is 0.573 e. The standard InChI is InChI=1S/C9H7F3N2O3/c1-16-8-5(2-3-13)14-7(15)4-6(8)17-9(10,11)12/h4H,2H2,1H3,(H,14,15). The predicted molar refractivity (Wildman–Crippen MR) is 49.6 cm³/mol. The Morgan fingerprint density at radius 1 is 1.53 bits per heavy atom. The van der Waals surface area contributed by atoms with Crippen LogP contribution in [0.2, 0.25) is 0 Å². The van der Waals surface area contributed by atoms with E-state index in [2.05, 4.69) is 14.5 Å². The molecule has 0 saturated heterocycles. The number of ether oxygens (including phenoxy) is 2. The Morgan fingerprint density at radius 3 is 2.65 bits per heavy atom. The Labute approximate surface area is 93.4 Å². The number of nitrogens with one attached hydrogen (secondary N) is 1. The minimum absolute atomic E-state index is 0.0678. The summed E-state index contributed by atoms with van der Waals surface area (Å²) in [4.78, 5) is 13.3. The van der Waals surface area contributed by atoms with Crippen molar-refractivity contribution in [3.8, 4) is 17.6 Å². The number of pyridine rings is 1. The van der Waals surface area contributed by atoms with Crippen molar-refractivity contribution in [1.82, 2.24) is 4.98 Å². The third-order valence-electron chi connectivity index (χ3n) is 1.72. The molecular weight excluding hydrogens is 241 g/mol. The number of methoxy groups -OCH3 is 1. The summed E-state index contributed by atoms with van der Waals surface area (Å²) in [6, 6.07) is 2.29. The van der Waals surface area contributed by atoms with Gasteiger partial charge in [-0.05, 0) is 0 Å². The fourth-order valence-corrected chi connectivity index (χ4v) is 1.20. The molecule has 0 fully saturated rings. The van der Waals surface area contributed by atoms with Gasteiger partial charge in [0.25, 0.3) is 5.56 Å². The molecule has 1 aromatic rings. The van der Waals surface area contributed by atoms with Crippen molar-refractivity contribution in [3.05, 3.63) is 22.1 Å². The summed E-state index contributed by atoms with van der Waals surface area (Å²) in [7, 11) is 1.11. The summed E-state index contributed by atoms with van der Waals surface area (Å²) in [5, 5.41) is 8.46. The van der Waals surface area contributed by atoms with E-state index in [1.807, 2.05) is 0 Å². The van der Waals surface area contributed by atoms with E-state index < -0.39 is 17.7 Å². The van der Waals surface area contributed by atoms with Crippen LogP contribution < -0.4 is 15.0 Å². The number of hydrogen-bond acceptors (Lipinski definition) is 4. The van der Waals surface area contributed by atoms with E-state index in [0.717, 1.165) is 7.11 Å². The summed E-state index contributed by atoms with van der Waals surface area (Å²) in [5.74, 6) is -1.09. The van der Waals surface area contributed by atoms with Gasteiger partial charge in [-0.2, -0.15) is 5.26 Å². The fraction of sp³-hybridized carbons (Fsp3) is 0.333. The summed E-state index contributed by atoms with van der Waals surface area (Å²) < 4.78 is 44.5. The minimum atomic E-state index is -4.94. The van der Waals surface area contributed by atoms with Gasteiger partial charge < -0.3 is 14.5 Å². The normalized spacial score (nSPS) is 10.8. The van der Waals surface area contributed by atoms with Crippen LogP contribution in [0.1, 0.15) is 5.69 Å². The first-order valence-corrected chi connectivity index (χ1v) is 4.30. The fourth-order valence-electron chi connectivity index (χ4n) is 1.20. The molecule has 0 radical (unpaired) electrons. The van der Waals surface area contributed by atoms with Crippen molar-refractivity contribution in [3.63, 3.8) is 0 Å². The number of nitrogens with zero attached hydrogens (tertiary/aromatic N) is 1. The third-order valence-corrected chi connectivity index (χ3v) is 1.72. The van der Waals surface area contributed by atoms with Crippen molar-refractivity contribution in [2.24, 2.45) is 0 Å². The number of nitriles is 1. The number of halogens is 3. The molecule has 0 aromatic carbocycles. The Bertz CT molecular complexity index is 502. The van der Waals surface area contributed by atoms with E-state index in [9.17, 15) is 18.0 Å². The molecule has 1 heterocycles. The highest BCUT2D eigenvalue weighted by Gasteiger charge is 2.33. The first-order chi connectivity index (χ1) is 7.87. The van der Waals surface area contributed by atoms with Gasteiger partial charge in [0.05, 0.1) is 25.3 Å². The van der Waals surface area contributed by atoms with E-state index in [1.54, 1.807) is 6.07 Å². The highest BCUT2D eigenvalue weighted by Crippen LogP contribution is 2.32. The van der Waals surface area contributed by atoms with Crippen molar-refractivity contribution in [2.45, 2.75) is 12.8 Å². The quantitative estimate of drug-likeness (QED) is 0.875. The third kappa shape index (κ3) is 3.41. The molecule has 0 bridgehead atoms. The van der Waals surface area contributed by atoms with Gasteiger partial charge in [-0.15, -0.1) is 13.2 Å². The molecular formula is C9H7F3N2O3. The van der Waals surface area contributed by atoms with E-state index in [-0.39, 0.29) is 17.9 Å². The molecule has 17 heavy (non-hydrogen) atoms. The molecule has 0 unspecified atom stereocenters. The zero-order valence-electron chi connectivity index (χ0n) is 8.59. The summed E-state index contributed by atoms with van der Waals surface area (Å²) in [6.45, 7) is 0. The molecule has 8 heteroatoms. The molecule has 0 atom stereocenters. The second-order valence-electron chi connectivity index (χ2n) is 2.89. The molecule has 0 spiro atoms. The number of aromatic amines is 1. The Hall–Kier alpha value is -2.17. The first kappa shape index (κ1) is 12.9. The van der Waals surface area contributed by atoms with Crippen molar-refractivity contribution < 1.29 is 22.6 Å². The van der Waals surface area contributed by atoms with Gasteiger partial charge in [0.2, 0.25) is 0 Å². The summed E-state index contributed by atoms with van der Waals surface area (Å²) >= 11 is 0. The van der Waals surface area contributed by atoms with Gasteiger partial charge >= 0.3 is 6.36 Å².